The summed E-state index contributed by atoms with van der Waals surface area (Å²) >= 11 is 0. The lowest BCUT2D eigenvalue weighted by Crippen LogP contribution is -2.58. The fourth-order valence-electron chi connectivity index (χ4n) is 2.04. The molecule has 6 nitrogen and oxygen atoms in total. The number of rotatable bonds is 4. The third-order valence-electron chi connectivity index (χ3n) is 2.94. The van der Waals surface area contributed by atoms with Gasteiger partial charge in [0.15, 0.2) is 0 Å². The standard InChI is InChI=1S/C11H20N2O4/c1-11(2,17)8(13-10(15)16)9(14)12-7-5-3-4-6-7/h7-8,13,17H,3-6H2,1-2H3,(H,12,14)(H,15,16)/t8-/m0/s1. The Hall–Kier alpha value is -1.30. The van der Waals surface area contributed by atoms with Crippen molar-refractivity contribution in [2.24, 2.45) is 0 Å². The molecule has 0 aromatic heterocycles. The molecule has 1 rings (SSSR count). The Morgan fingerprint density at radius 3 is 2.24 bits per heavy atom. The van der Waals surface area contributed by atoms with Crippen LogP contribution in [0.5, 0.6) is 0 Å². The average molecular weight is 244 g/mol. The summed E-state index contributed by atoms with van der Waals surface area (Å²) in [6.45, 7) is 2.81. The van der Waals surface area contributed by atoms with E-state index in [9.17, 15) is 14.7 Å². The highest BCUT2D eigenvalue weighted by molar-refractivity contribution is 5.86. The van der Waals surface area contributed by atoms with Crippen molar-refractivity contribution in [3.05, 3.63) is 0 Å². The third kappa shape index (κ3) is 4.22. The maximum absolute atomic E-state index is 11.9. The molecule has 1 atom stereocenters. The lowest BCUT2D eigenvalue weighted by molar-refractivity contribution is -0.129. The average Bonchev–Trinajstić information content (AvgIpc) is 2.64. The number of nitrogens with one attached hydrogen (secondary N) is 2. The zero-order chi connectivity index (χ0) is 13.1. The van der Waals surface area contributed by atoms with Crippen molar-refractivity contribution in [1.82, 2.24) is 10.6 Å². The van der Waals surface area contributed by atoms with Gasteiger partial charge in [-0.1, -0.05) is 12.8 Å². The first-order valence-corrected chi connectivity index (χ1v) is 5.83. The number of carbonyl (C=O) groups is 2. The van der Waals surface area contributed by atoms with E-state index in [1.54, 1.807) is 0 Å². The normalized spacial score (nSPS) is 18.8. The van der Waals surface area contributed by atoms with Crippen LogP contribution < -0.4 is 10.6 Å². The molecule has 1 saturated carbocycles. The molecule has 0 radical (unpaired) electrons. The predicted octanol–water partition coefficient (Wildman–Crippen LogP) is 0.452. The van der Waals surface area contributed by atoms with Crippen LogP contribution in [0.15, 0.2) is 0 Å². The number of amides is 2. The molecule has 98 valence electrons. The first-order valence-electron chi connectivity index (χ1n) is 5.83. The van der Waals surface area contributed by atoms with Gasteiger partial charge in [0.2, 0.25) is 5.91 Å². The molecule has 0 unspecified atom stereocenters. The van der Waals surface area contributed by atoms with Crippen LogP contribution in [0.1, 0.15) is 39.5 Å². The van der Waals surface area contributed by atoms with Crippen LogP contribution in [-0.4, -0.2) is 39.9 Å². The number of aliphatic hydroxyl groups is 1. The van der Waals surface area contributed by atoms with Gasteiger partial charge in [-0.25, -0.2) is 4.79 Å². The Morgan fingerprint density at radius 2 is 1.82 bits per heavy atom. The van der Waals surface area contributed by atoms with Crippen LogP contribution in [-0.2, 0) is 4.79 Å². The summed E-state index contributed by atoms with van der Waals surface area (Å²) in [5.74, 6) is -0.466. The van der Waals surface area contributed by atoms with Crippen LogP contribution in [0.4, 0.5) is 4.79 Å². The van der Waals surface area contributed by atoms with Gasteiger partial charge in [-0.05, 0) is 26.7 Å². The van der Waals surface area contributed by atoms with Gasteiger partial charge in [-0.2, -0.15) is 0 Å². The van der Waals surface area contributed by atoms with E-state index in [4.69, 9.17) is 5.11 Å². The number of carbonyl (C=O) groups excluding carboxylic acids is 1. The molecule has 2 amide bonds. The third-order valence-corrected chi connectivity index (χ3v) is 2.94. The largest absolute Gasteiger partial charge is 0.465 e. The summed E-state index contributed by atoms with van der Waals surface area (Å²) in [7, 11) is 0. The summed E-state index contributed by atoms with van der Waals surface area (Å²) in [5, 5.41) is 23.3. The number of hydrogen-bond donors (Lipinski definition) is 4. The topological polar surface area (TPSA) is 98.7 Å². The maximum atomic E-state index is 11.9. The van der Waals surface area contributed by atoms with Gasteiger partial charge >= 0.3 is 6.09 Å². The molecule has 0 spiro atoms. The van der Waals surface area contributed by atoms with Crippen LogP contribution in [0, 0.1) is 0 Å². The van der Waals surface area contributed by atoms with E-state index >= 15 is 0 Å². The van der Waals surface area contributed by atoms with Crippen molar-refractivity contribution in [3.63, 3.8) is 0 Å². The Morgan fingerprint density at radius 1 is 1.29 bits per heavy atom. The number of carboxylic acid groups (broad SMARTS) is 1. The van der Waals surface area contributed by atoms with Crippen molar-refractivity contribution >= 4 is 12.0 Å². The molecule has 1 aliphatic carbocycles. The molecule has 0 aromatic rings. The SMILES string of the molecule is CC(C)(O)[C@@H](NC(=O)O)C(=O)NC1CCCC1. The Balaban J connectivity index is 2.61. The van der Waals surface area contributed by atoms with E-state index in [0.717, 1.165) is 25.7 Å². The van der Waals surface area contributed by atoms with Gasteiger partial charge in [0.1, 0.15) is 6.04 Å². The molecular weight excluding hydrogens is 224 g/mol. The smallest absolute Gasteiger partial charge is 0.405 e. The fraction of sp³-hybridized carbons (Fsp3) is 0.818. The molecule has 6 heteroatoms. The lowest BCUT2D eigenvalue weighted by atomic mass is 9.98. The van der Waals surface area contributed by atoms with Gasteiger partial charge in [-0.15, -0.1) is 0 Å². The highest BCUT2D eigenvalue weighted by Gasteiger charge is 2.35. The van der Waals surface area contributed by atoms with Crippen LogP contribution in [0.3, 0.4) is 0 Å². The minimum Gasteiger partial charge on any atom is -0.465 e. The lowest BCUT2D eigenvalue weighted by Gasteiger charge is -2.29. The molecule has 0 heterocycles. The molecule has 17 heavy (non-hydrogen) atoms. The zero-order valence-electron chi connectivity index (χ0n) is 10.2. The minimum absolute atomic E-state index is 0.0999. The molecule has 0 saturated heterocycles. The van der Waals surface area contributed by atoms with Gasteiger partial charge in [0.05, 0.1) is 5.60 Å². The molecule has 0 bridgehead atoms. The first kappa shape index (κ1) is 13.8. The van der Waals surface area contributed by atoms with E-state index in [0.29, 0.717) is 0 Å². The monoisotopic (exact) mass is 244 g/mol. The molecule has 4 N–H and O–H groups in total. The first-order chi connectivity index (χ1) is 7.80. The minimum atomic E-state index is -1.43. The second-order valence-corrected chi connectivity index (χ2v) is 5.03. The van der Waals surface area contributed by atoms with Crippen molar-refractivity contribution < 1.29 is 19.8 Å². The molecule has 0 aliphatic heterocycles. The van der Waals surface area contributed by atoms with Crippen LogP contribution in [0.2, 0.25) is 0 Å². The second kappa shape index (κ2) is 5.35. The summed E-state index contributed by atoms with van der Waals surface area (Å²) < 4.78 is 0. The molecule has 0 aromatic carbocycles. The second-order valence-electron chi connectivity index (χ2n) is 5.03. The quantitative estimate of drug-likeness (QED) is 0.577. The van der Waals surface area contributed by atoms with Gasteiger partial charge in [-0.3, -0.25) is 4.79 Å². The molecular formula is C11H20N2O4. The zero-order valence-corrected chi connectivity index (χ0v) is 10.2. The van der Waals surface area contributed by atoms with Crippen molar-refractivity contribution in [3.8, 4) is 0 Å². The van der Waals surface area contributed by atoms with Crippen molar-refractivity contribution in [2.45, 2.75) is 57.2 Å². The predicted molar refractivity (Wildman–Crippen MR) is 61.6 cm³/mol. The highest BCUT2D eigenvalue weighted by atomic mass is 16.4. The summed E-state index contributed by atoms with van der Waals surface area (Å²) in [4.78, 5) is 22.5. The van der Waals surface area contributed by atoms with Crippen molar-refractivity contribution in [1.29, 1.82) is 0 Å². The maximum Gasteiger partial charge on any atom is 0.405 e. The molecule has 1 fully saturated rings. The summed E-state index contributed by atoms with van der Waals surface area (Å²) in [5.41, 5.74) is -1.43. The van der Waals surface area contributed by atoms with E-state index < -0.39 is 23.6 Å². The Labute approximate surface area is 100 Å². The fourth-order valence-corrected chi connectivity index (χ4v) is 2.04. The highest BCUT2D eigenvalue weighted by Crippen LogP contribution is 2.18. The van der Waals surface area contributed by atoms with Gasteiger partial charge in [0, 0.05) is 6.04 Å². The van der Waals surface area contributed by atoms with E-state index in [-0.39, 0.29) is 6.04 Å². The Kier molecular flexibility index (Phi) is 4.34. The molecule has 1 aliphatic rings. The van der Waals surface area contributed by atoms with Crippen molar-refractivity contribution in [2.75, 3.05) is 0 Å². The number of hydrogen-bond acceptors (Lipinski definition) is 3. The van der Waals surface area contributed by atoms with Crippen LogP contribution in [0.25, 0.3) is 0 Å². The van der Waals surface area contributed by atoms with E-state index in [2.05, 4.69) is 5.32 Å². The van der Waals surface area contributed by atoms with E-state index in [1.807, 2.05) is 5.32 Å². The summed E-state index contributed by atoms with van der Waals surface area (Å²) in [6.07, 6.45) is 2.66. The Bertz CT molecular complexity index is 292. The van der Waals surface area contributed by atoms with Crippen LogP contribution >= 0.6 is 0 Å². The van der Waals surface area contributed by atoms with E-state index in [1.165, 1.54) is 13.8 Å². The summed E-state index contributed by atoms with van der Waals surface area (Å²) in [6, 6.07) is -1.05. The van der Waals surface area contributed by atoms with Gasteiger partial charge in [0.25, 0.3) is 0 Å². The van der Waals surface area contributed by atoms with Gasteiger partial charge < -0.3 is 20.8 Å².